The van der Waals surface area contributed by atoms with Gasteiger partial charge in [0.15, 0.2) is 5.11 Å². The molecule has 0 unspecified atom stereocenters. The summed E-state index contributed by atoms with van der Waals surface area (Å²) in [4.78, 5) is 28.1. The summed E-state index contributed by atoms with van der Waals surface area (Å²) in [6.45, 7) is 2.27. The molecule has 8 heteroatoms. The van der Waals surface area contributed by atoms with E-state index in [1.807, 2.05) is 19.1 Å². The van der Waals surface area contributed by atoms with E-state index in [0.717, 1.165) is 5.56 Å². The van der Waals surface area contributed by atoms with Gasteiger partial charge in [-0.15, -0.1) is 0 Å². The molecule has 0 aliphatic carbocycles. The highest BCUT2D eigenvalue weighted by Gasteiger charge is 2.40. The second-order valence-electron chi connectivity index (χ2n) is 6.32. The number of methoxy groups -OCH3 is 2. The lowest BCUT2D eigenvalue weighted by Gasteiger charge is -2.19. The average molecular weight is 426 g/mol. The maximum Gasteiger partial charge on any atom is 0.325 e. The van der Waals surface area contributed by atoms with E-state index in [1.165, 1.54) is 16.9 Å². The molecule has 1 saturated heterocycles. The van der Waals surface area contributed by atoms with E-state index in [0.29, 0.717) is 23.8 Å². The van der Waals surface area contributed by atoms with Crippen LogP contribution in [0.25, 0.3) is 6.08 Å². The molecule has 30 heavy (non-hydrogen) atoms. The van der Waals surface area contributed by atoms with Crippen molar-refractivity contribution in [2.75, 3.05) is 32.3 Å². The number of nitrogens with zero attached hydrogens (tertiary/aromatic N) is 2. The summed E-state index contributed by atoms with van der Waals surface area (Å²) >= 11 is 5.54. The van der Waals surface area contributed by atoms with Gasteiger partial charge in [-0.3, -0.25) is 14.5 Å². The van der Waals surface area contributed by atoms with Gasteiger partial charge in [-0.1, -0.05) is 12.1 Å². The van der Waals surface area contributed by atoms with Gasteiger partial charge in [-0.25, -0.2) is 0 Å². The van der Waals surface area contributed by atoms with E-state index >= 15 is 0 Å². The number of rotatable bonds is 7. The second-order valence-corrected chi connectivity index (χ2v) is 6.68. The second kappa shape index (κ2) is 9.41. The molecule has 0 N–H and O–H groups in total. The Bertz CT molecular complexity index is 970. The zero-order valence-electron chi connectivity index (χ0n) is 17.0. The molecular weight excluding hydrogens is 404 g/mol. The Hall–Kier alpha value is -3.39. The number of benzene rings is 2. The molecule has 1 heterocycles. The van der Waals surface area contributed by atoms with Crippen molar-refractivity contribution in [3.05, 3.63) is 59.8 Å². The fraction of sp³-hybridized carbons (Fsp3) is 0.227. The summed E-state index contributed by atoms with van der Waals surface area (Å²) in [5, 5.41) is 0.203. The summed E-state index contributed by atoms with van der Waals surface area (Å²) in [5.74, 6) is 0.565. The number of amides is 1. The third-order valence-corrected chi connectivity index (χ3v) is 4.88. The van der Waals surface area contributed by atoms with Crippen LogP contribution in [0.2, 0.25) is 0 Å². The van der Waals surface area contributed by atoms with Gasteiger partial charge in [-0.2, -0.15) is 0 Å². The lowest BCUT2D eigenvalue weighted by atomic mass is 10.1. The number of hydrogen-bond donors (Lipinski definition) is 0. The van der Waals surface area contributed by atoms with Gasteiger partial charge >= 0.3 is 5.97 Å². The highest BCUT2D eigenvalue weighted by atomic mass is 32.1. The summed E-state index contributed by atoms with van der Waals surface area (Å²) in [7, 11) is 2.87. The maximum absolute atomic E-state index is 13.3. The Morgan fingerprint density at radius 1 is 1.03 bits per heavy atom. The van der Waals surface area contributed by atoms with Gasteiger partial charge < -0.3 is 19.1 Å². The van der Waals surface area contributed by atoms with Crippen LogP contribution >= 0.6 is 12.2 Å². The zero-order chi connectivity index (χ0) is 21.7. The third kappa shape index (κ3) is 4.44. The lowest BCUT2D eigenvalue weighted by molar-refractivity contribution is -0.140. The van der Waals surface area contributed by atoms with Gasteiger partial charge in [-0.05, 0) is 67.2 Å². The zero-order valence-corrected chi connectivity index (χ0v) is 17.8. The molecule has 0 aromatic heterocycles. The van der Waals surface area contributed by atoms with E-state index in [9.17, 15) is 9.59 Å². The predicted octanol–water partition coefficient (Wildman–Crippen LogP) is 3.24. The SMILES string of the molecule is CCOc1ccc(N2C(=O)C(=Cc3ccc(OC)cc3)N(CC(=O)OC)C2=S)cc1. The molecule has 0 spiro atoms. The molecule has 0 radical (unpaired) electrons. The summed E-state index contributed by atoms with van der Waals surface area (Å²) in [6, 6.07) is 14.3. The van der Waals surface area contributed by atoms with Crippen molar-refractivity contribution in [3.63, 3.8) is 0 Å². The van der Waals surface area contributed by atoms with E-state index in [2.05, 4.69) is 0 Å². The predicted molar refractivity (Wildman–Crippen MR) is 117 cm³/mol. The Morgan fingerprint density at radius 3 is 2.23 bits per heavy atom. The van der Waals surface area contributed by atoms with E-state index in [1.54, 1.807) is 49.6 Å². The van der Waals surface area contributed by atoms with Crippen LogP contribution in [0.1, 0.15) is 12.5 Å². The minimum Gasteiger partial charge on any atom is -0.497 e. The van der Waals surface area contributed by atoms with Crippen LogP contribution in [0.3, 0.4) is 0 Å². The molecule has 7 nitrogen and oxygen atoms in total. The van der Waals surface area contributed by atoms with Crippen LogP contribution in [0.4, 0.5) is 5.69 Å². The number of carbonyl (C=O) groups is 2. The van der Waals surface area contributed by atoms with Gasteiger partial charge in [0.2, 0.25) is 0 Å². The first-order valence-electron chi connectivity index (χ1n) is 9.29. The van der Waals surface area contributed by atoms with Crippen molar-refractivity contribution in [1.29, 1.82) is 0 Å². The molecule has 0 saturated carbocycles. The molecule has 2 aromatic carbocycles. The fourth-order valence-corrected chi connectivity index (χ4v) is 3.32. The molecule has 1 amide bonds. The number of thiocarbonyl (C=S) groups is 1. The molecule has 1 fully saturated rings. The van der Waals surface area contributed by atoms with Gasteiger partial charge in [0.25, 0.3) is 5.91 Å². The topological polar surface area (TPSA) is 68.3 Å². The summed E-state index contributed by atoms with van der Waals surface area (Å²) < 4.78 is 15.4. The smallest absolute Gasteiger partial charge is 0.325 e. The Morgan fingerprint density at radius 2 is 1.67 bits per heavy atom. The molecule has 1 aliphatic rings. The van der Waals surface area contributed by atoms with Crippen LogP contribution in [0.15, 0.2) is 54.2 Å². The molecule has 0 atom stereocenters. The molecule has 0 bridgehead atoms. The van der Waals surface area contributed by atoms with Crippen LogP contribution in [-0.4, -0.2) is 49.3 Å². The quantitative estimate of drug-likeness (QED) is 0.382. The Kier molecular flexibility index (Phi) is 6.68. The molecule has 156 valence electrons. The first-order valence-corrected chi connectivity index (χ1v) is 9.70. The molecule has 3 rings (SSSR count). The number of carbonyl (C=O) groups excluding carboxylic acids is 2. The standard InChI is InChI=1S/C22H22N2O5S/c1-4-29-18-11-7-16(8-12-18)24-21(26)19(23(22(24)30)14-20(25)28-3)13-15-5-9-17(27-2)10-6-15/h5-13H,4,14H2,1-3H3. The first-order chi connectivity index (χ1) is 14.5. The maximum atomic E-state index is 13.3. The largest absolute Gasteiger partial charge is 0.497 e. The van der Waals surface area contributed by atoms with Gasteiger partial charge in [0.05, 0.1) is 26.5 Å². The van der Waals surface area contributed by atoms with Gasteiger partial charge in [0.1, 0.15) is 23.7 Å². The van der Waals surface area contributed by atoms with Crippen molar-refractivity contribution in [2.45, 2.75) is 6.92 Å². The third-order valence-electron chi connectivity index (χ3n) is 4.48. The van der Waals surface area contributed by atoms with Crippen molar-refractivity contribution in [2.24, 2.45) is 0 Å². The van der Waals surface area contributed by atoms with Crippen molar-refractivity contribution in [3.8, 4) is 11.5 Å². The van der Waals surface area contributed by atoms with E-state index in [-0.39, 0.29) is 23.3 Å². The monoisotopic (exact) mass is 426 g/mol. The first kappa shape index (κ1) is 21.3. The van der Waals surface area contributed by atoms with Crippen LogP contribution in [-0.2, 0) is 14.3 Å². The number of anilines is 1. The minimum absolute atomic E-state index is 0.170. The Balaban J connectivity index is 1.98. The minimum atomic E-state index is -0.501. The van der Waals surface area contributed by atoms with Gasteiger partial charge in [0, 0.05) is 0 Å². The highest BCUT2D eigenvalue weighted by molar-refractivity contribution is 7.80. The summed E-state index contributed by atoms with van der Waals surface area (Å²) in [6.07, 6.45) is 1.69. The lowest BCUT2D eigenvalue weighted by Crippen LogP contribution is -2.35. The van der Waals surface area contributed by atoms with Crippen molar-refractivity contribution in [1.82, 2.24) is 4.90 Å². The molecule has 1 aliphatic heterocycles. The van der Waals surface area contributed by atoms with Crippen molar-refractivity contribution >= 4 is 41.0 Å². The van der Waals surface area contributed by atoms with Crippen LogP contribution in [0.5, 0.6) is 11.5 Å². The average Bonchev–Trinajstić information content (AvgIpc) is 2.99. The molecule has 2 aromatic rings. The Labute approximate surface area is 180 Å². The van der Waals surface area contributed by atoms with Crippen molar-refractivity contribution < 1.29 is 23.8 Å². The molecular formula is C22H22N2O5S. The van der Waals surface area contributed by atoms with E-state index in [4.69, 9.17) is 26.4 Å². The fourth-order valence-electron chi connectivity index (χ4n) is 2.97. The summed E-state index contributed by atoms with van der Waals surface area (Å²) in [5.41, 5.74) is 1.64. The number of hydrogen-bond acceptors (Lipinski definition) is 6. The highest BCUT2D eigenvalue weighted by Crippen LogP contribution is 2.30. The number of ether oxygens (including phenoxy) is 3. The number of esters is 1. The van der Waals surface area contributed by atoms with Crippen LogP contribution < -0.4 is 14.4 Å². The van der Waals surface area contributed by atoms with E-state index < -0.39 is 5.97 Å². The van der Waals surface area contributed by atoms with Crippen LogP contribution in [0, 0.1) is 0 Å². The normalized spacial score (nSPS) is 15.0.